The smallest absolute Gasteiger partial charge is 0.228 e. The van der Waals surface area contributed by atoms with E-state index in [0.29, 0.717) is 13.2 Å². The van der Waals surface area contributed by atoms with Crippen LogP contribution >= 0.6 is 0 Å². The van der Waals surface area contributed by atoms with Gasteiger partial charge in [0.15, 0.2) is 0 Å². The zero-order chi connectivity index (χ0) is 16.4. The molecule has 0 aromatic carbocycles. The predicted molar refractivity (Wildman–Crippen MR) is 82.4 cm³/mol. The van der Waals surface area contributed by atoms with E-state index in [1.807, 2.05) is 30.8 Å². The highest BCUT2D eigenvalue weighted by molar-refractivity contribution is 5.79. The quantitative estimate of drug-likeness (QED) is 0.842. The fraction of sp³-hybridized carbons (Fsp3) is 0.562. The van der Waals surface area contributed by atoms with Crippen LogP contribution in [0.15, 0.2) is 23.0 Å². The van der Waals surface area contributed by atoms with Crippen molar-refractivity contribution in [2.24, 2.45) is 5.92 Å². The molecule has 7 heteroatoms. The van der Waals surface area contributed by atoms with Crippen LogP contribution in [0.25, 0.3) is 0 Å². The monoisotopic (exact) mass is 318 g/mol. The minimum atomic E-state index is -0.218. The summed E-state index contributed by atoms with van der Waals surface area (Å²) in [7, 11) is 1.79. The first-order chi connectivity index (χ1) is 11.1. The second-order valence-corrected chi connectivity index (χ2v) is 5.94. The number of aryl methyl sites for hydroxylation is 2. The molecule has 23 heavy (non-hydrogen) atoms. The molecular weight excluding hydrogens is 296 g/mol. The Morgan fingerprint density at radius 2 is 2.35 bits per heavy atom. The predicted octanol–water partition coefficient (Wildman–Crippen LogP) is 1.94. The summed E-state index contributed by atoms with van der Waals surface area (Å²) in [6, 6.07) is 1.84. The maximum absolute atomic E-state index is 12.8. The van der Waals surface area contributed by atoms with Gasteiger partial charge in [0.1, 0.15) is 11.5 Å². The number of nitrogens with zero attached hydrogens (tertiary/aromatic N) is 4. The Labute approximate surface area is 135 Å². The first-order valence-corrected chi connectivity index (χ1v) is 7.89. The maximum atomic E-state index is 12.8. The van der Waals surface area contributed by atoms with E-state index in [0.717, 1.165) is 30.0 Å². The molecule has 1 saturated heterocycles. The molecule has 0 unspecified atom stereocenters. The van der Waals surface area contributed by atoms with Crippen molar-refractivity contribution in [2.75, 3.05) is 13.7 Å². The van der Waals surface area contributed by atoms with Crippen molar-refractivity contribution in [1.29, 1.82) is 0 Å². The van der Waals surface area contributed by atoms with Crippen molar-refractivity contribution in [2.45, 2.75) is 39.5 Å². The second-order valence-electron chi connectivity index (χ2n) is 5.94. The minimum Gasteiger partial charge on any atom is -0.373 e. The van der Waals surface area contributed by atoms with E-state index < -0.39 is 0 Å². The van der Waals surface area contributed by atoms with E-state index in [1.165, 1.54) is 0 Å². The molecule has 0 N–H and O–H groups in total. The molecule has 0 saturated carbocycles. The van der Waals surface area contributed by atoms with Crippen LogP contribution in [0.3, 0.4) is 0 Å². The number of carbonyl (C=O) groups is 1. The number of ether oxygens (including phenoxy) is 1. The van der Waals surface area contributed by atoms with Gasteiger partial charge in [-0.1, -0.05) is 5.16 Å². The van der Waals surface area contributed by atoms with Crippen LogP contribution in [0.1, 0.15) is 36.5 Å². The molecule has 2 aromatic rings. The van der Waals surface area contributed by atoms with Gasteiger partial charge >= 0.3 is 0 Å². The summed E-state index contributed by atoms with van der Waals surface area (Å²) < 4.78 is 12.7. The Kier molecular flexibility index (Phi) is 4.47. The lowest BCUT2D eigenvalue weighted by Crippen LogP contribution is -2.34. The summed E-state index contributed by atoms with van der Waals surface area (Å²) in [5, 5.41) is 8.22. The van der Waals surface area contributed by atoms with Gasteiger partial charge in [0.05, 0.1) is 24.8 Å². The van der Waals surface area contributed by atoms with Crippen LogP contribution in [0, 0.1) is 12.8 Å². The number of amides is 1. The van der Waals surface area contributed by atoms with Crippen molar-refractivity contribution >= 4 is 5.91 Å². The van der Waals surface area contributed by atoms with E-state index >= 15 is 0 Å². The Bertz CT molecular complexity index is 678. The van der Waals surface area contributed by atoms with Gasteiger partial charge in [-0.25, -0.2) is 0 Å². The maximum Gasteiger partial charge on any atom is 0.228 e. The van der Waals surface area contributed by atoms with E-state index in [1.54, 1.807) is 18.1 Å². The molecule has 7 nitrogen and oxygen atoms in total. The SMILES string of the molecule is CCn1cc([C@H]2OCC[C@@H]2C(=O)N(C)Cc2cc(C)on2)cn1. The highest BCUT2D eigenvalue weighted by atomic mass is 16.5. The molecular formula is C16H22N4O3. The average molecular weight is 318 g/mol. The van der Waals surface area contributed by atoms with Crippen molar-refractivity contribution in [3.05, 3.63) is 35.5 Å². The molecule has 1 fully saturated rings. The Hall–Kier alpha value is -2.15. The molecule has 2 aromatic heterocycles. The van der Waals surface area contributed by atoms with Gasteiger partial charge < -0.3 is 14.2 Å². The summed E-state index contributed by atoms with van der Waals surface area (Å²) >= 11 is 0. The van der Waals surface area contributed by atoms with E-state index in [-0.39, 0.29) is 17.9 Å². The fourth-order valence-corrected chi connectivity index (χ4v) is 2.97. The van der Waals surface area contributed by atoms with Gasteiger partial charge in [-0.15, -0.1) is 0 Å². The lowest BCUT2D eigenvalue weighted by atomic mass is 9.96. The second kappa shape index (κ2) is 6.54. The fourth-order valence-electron chi connectivity index (χ4n) is 2.97. The summed E-state index contributed by atoms with van der Waals surface area (Å²) in [4.78, 5) is 14.5. The van der Waals surface area contributed by atoms with Gasteiger partial charge in [-0.05, 0) is 20.3 Å². The average Bonchev–Trinajstić information content (AvgIpc) is 3.25. The molecule has 0 radical (unpaired) electrons. The Morgan fingerprint density at radius 3 is 3.00 bits per heavy atom. The summed E-state index contributed by atoms with van der Waals surface area (Å²) in [5.74, 6) is 0.634. The first kappa shape index (κ1) is 15.7. The third-order valence-corrected chi connectivity index (χ3v) is 4.17. The standard InChI is InChI=1S/C16H22N4O3/c1-4-20-9-12(8-17-20)15-14(5-6-22-15)16(21)19(3)10-13-7-11(2)23-18-13/h7-9,14-15H,4-6,10H2,1-3H3/t14-,15+/m0/s1. The van der Waals surface area contributed by atoms with Gasteiger partial charge in [0, 0.05) is 38.0 Å². The topological polar surface area (TPSA) is 73.4 Å². The number of aromatic nitrogens is 3. The minimum absolute atomic E-state index is 0.0670. The Morgan fingerprint density at radius 1 is 1.52 bits per heavy atom. The molecule has 2 atom stereocenters. The van der Waals surface area contributed by atoms with Crippen molar-refractivity contribution in [1.82, 2.24) is 19.8 Å². The first-order valence-electron chi connectivity index (χ1n) is 7.89. The molecule has 0 spiro atoms. The number of rotatable bonds is 5. The van der Waals surface area contributed by atoms with Crippen LogP contribution in [0.2, 0.25) is 0 Å². The van der Waals surface area contributed by atoms with Gasteiger partial charge in [-0.3, -0.25) is 9.48 Å². The highest BCUT2D eigenvalue weighted by Gasteiger charge is 2.37. The van der Waals surface area contributed by atoms with Crippen LogP contribution in [0.4, 0.5) is 0 Å². The van der Waals surface area contributed by atoms with Crippen LogP contribution in [0.5, 0.6) is 0 Å². The lowest BCUT2D eigenvalue weighted by molar-refractivity contribution is -0.136. The van der Waals surface area contributed by atoms with E-state index in [2.05, 4.69) is 10.3 Å². The van der Waals surface area contributed by atoms with Crippen molar-refractivity contribution in [3.8, 4) is 0 Å². The normalized spacial score (nSPS) is 20.8. The van der Waals surface area contributed by atoms with Crippen LogP contribution in [-0.4, -0.2) is 39.4 Å². The zero-order valence-corrected chi connectivity index (χ0v) is 13.7. The van der Waals surface area contributed by atoms with Gasteiger partial charge in [-0.2, -0.15) is 5.10 Å². The van der Waals surface area contributed by atoms with Crippen molar-refractivity contribution in [3.63, 3.8) is 0 Å². The van der Waals surface area contributed by atoms with E-state index in [4.69, 9.17) is 9.26 Å². The summed E-state index contributed by atoms with van der Waals surface area (Å²) in [6.07, 6.45) is 4.25. The molecule has 124 valence electrons. The highest BCUT2D eigenvalue weighted by Crippen LogP contribution is 2.35. The third kappa shape index (κ3) is 3.29. The molecule has 3 rings (SSSR count). The molecule has 0 bridgehead atoms. The molecule has 1 aliphatic heterocycles. The number of hydrogen-bond donors (Lipinski definition) is 0. The largest absolute Gasteiger partial charge is 0.373 e. The lowest BCUT2D eigenvalue weighted by Gasteiger charge is -2.23. The van der Waals surface area contributed by atoms with Crippen LogP contribution < -0.4 is 0 Å². The summed E-state index contributed by atoms with van der Waals surface area (Å²) in [5.41, 5.74) is 1.72. The molecule has 1 aliphatic rings. The zero-order valence-electron chi connectivity index (χ0n) is 13.7. The van der Waals surface area contributed by atoms with Gasteiger partial charge in [0.25, 0.3) is 0 Å². The Balaban J connectivity index is 1.69. The third-order valence-electron chi connectivity index (χ3n) is 4.17. The molecule has 1 amide bonds. The van der Waals surface area contributed by atoms with Crippen LogP contribution in [-0.2, 0) is 22.6 Å². The number of hydrogen-bond acceptors (Lipinski definition) is 5. The van der Waals surface area contributed by atoms with E-state index in [9.17, 15) is 4.79 Å². The molecule has 3 heterocycles. The van der Waals surface area contributed by atoms with Gasteiger partial charge in [0.2, 0.25) is 5.91 Å². The number of carbonyl (C=O) groups excluding carboxylic acids is 1. The summed E-state index contributed by atoms with van der Waals surface area (Å²) in [6.45, 7) is 5.70. The van der Waals surface area contributed by atoms with Crippen molar-refractivity contribution < 1.29 is 14.1 Å². The molecule has 0 aliphatic carbocycles.